The molecule has 0 aliphatic heterocycles. The Hall–Kier alpha value is -4.97. The first-order valence-corrected chi connectivity index (χ1v) is 13.4. The van der Waals surface area contributed by atoms with Crippen LogP contribution in [0.1, 0.15) is 40.7 Å². The Labute approximate surface area is 233 Å². The zero-order chi connectivity index (χ0) is 27.9. The van der Waals surface area contributed by atoms with Crippen LogP contribution in [-0.2, 0) is 4.79 Å². The lowest BCUT2D eigenvalue weighted by molar-refractivity contribution is -0.122. The second-order valence-electron chi connectivity index (χ2n) is 9.80. The van der Waals surface area contributed by atoms with Gasteiger partial charge in [-0.2, -0.15) is 0 Å². The quantitative estimate of drug-likeness (QED) is 0.216. The summed E-state index contributed by atoms with van der Waals surface area (Å²) in [5.41, 5.74) is 4.89. The SMILES string of the molecule is CC(NC(=O)c1cccc(-c2cc(O)c3ncccc3c2)c1)C(=O)NCCC(c1ccccc1)c1ccccc1. The third kappa shape index (κ3) is 6.18. The summed E-state index contributed by atoms with van der Waals surface area (Å²) in [5, 5.41) is 17.0. The highest BCUT2D eigenvalue weighted by molar-refractivity contribution is 5.99. The molecule has 0 fully saturated rings. The molecule has 0 radical (unpaired) electrons. The number of amides is 2. The van der Waals surface area contributed by atoms with Crippen LogP contribution in [0.25, 0.3) is 22.0 Å². The number of phenols is 1. The molecule has 200 valence electrons. The van der Waals surface area contributed by atoms with E-state index in [1.165, 1.54) is 11.1 Å². The number of carbonyl (C=O) groups excluding carboxylic acids is 2. The number of hydrogen-bond acceptors (Lipinski definition) is 4. The van der Waals surface area contributed by atoms with E-state index in [9.17, 15) is 14.7 Å². The molecule has 0 saturated carbocycles. The fourth-order valence-electron chi connectivity index (χ4n) is 4.91. The number of nitrogens with zero attached hydrogens (tertiary/aromatic N) is 1. The molecule has 0 aliphatic carbocycles. The van der Waals surface area contributed by atoms with Crippen LogP contribution >= 0.6 is 0 Å². The average molecular weight is 530 g/mol. The van der Waals surface area contributed by atoms with Gasteiger partial charge < -0.3 is 15.7 Å². The fourth-order valence-corrected chi connectivity index (χ4v) is 4.91. The molecule has 1 unspecified atom stereocenters. The van der Waals surface area contributed by atoms with Crippen LogP contribution in [0.3, 0.4) is 0 Å². The Morgan fingerprint density at radius 3 is 2.20 bits per heavy atom. The Morgan fingerprint density at radius 1 is 0.800 bits per heavy atom. The number of fused-ring (bicyclic) bond motifs is 1. The normalized spacial score (nSPS) is 11.8. The summed E-state index contributed by atoms with van der Waals surface area (Å²) in [7, 11) is 0. The molecular weight excluding hydrogens is 498 g/mol. The van der Waals surface area contributed by atoms with E-state index in [4.69, 9.17) is 0 Å². The second-order valence-corrected chi connectivity index (χ2v) is 9.80. The van der Waals surface area contributed by atoms with E-state index in [-0.39, 0.29) is 23.5 Å². The first kappa shape index (κ1) is 26.6. The van der Waals surface area contributed by atoms with Gasteiger partial charge in [-0.3, -0.25) is 14.6 Å². The molecule has 2 amide bonds. The summed E-state index contributed by atoms with van der Waals surface area (Å²) >= 11 is 0. The van der Waals surface area contributed by atoms with Gasteiger partial charge >= 0.3 is 0 Å². The highest BCUT2D eigenvalue weighted by Gasteiger charge is 2.19. The van der Waals surface area contributed by atoms with Gasteiger partial charge in [0.25, 0.3) is 5.91 Å². The van der Waals surface area contributed by atoms with Crippen molar-refractivity contribution >= 4 is 22.7 Å². The molecule has 0 spiro atoms. The topological polar surface area (TPSA) is 91.3 Å². The first-order valence-electron chi connectivity index (χ1n) is 13.4. The largest absolute Gasteiger partial charge is 0.506 e. The smallest absolute Gasteiger partial charge is 0.251 e. The molecule has 1 heterocycles. The van der Waals surface area contributed by atoms with Gasteiger partial charge in [0.2, 0.25) is 5.91 Å². The summed E-state index contributed by atoms with van der Waals surface area (Å²) < 4.78 is 0. The van der Waals surface area contributed by atoms with E-state index in [1.54, 1.807) is 37.4 Å². The number of benzene rings is 4. The minimum absolute atomic E-state index is 0.0787. The summed E-state index contributed by atoms with van der Waals surface area (Å²) in [6, 6.07) is 34.2. The maximum Gasteiger partial charge on any atom is 0.251 e. The lowest BCUT2D eigenvalue weighted by Gasteiger charge is -2.20. The second kappa shape index (κ2) is 12.3. The molecule has 1 atom stereocenters. The van der Waals surface area contributed by atoms with E-state index in [2.05, 4.69) is 39.9 Å². The van der Waals surface area contributed by atoms with Crippen LogP contribution in [0.5, 0.6) is 5.75 Å². The van der Waals surface area contributed by atoms with Gasteiger partial charge in [-0.25, -0.2) is 0 Å². The average Bonchev–Trinajstić information content (AvgIpc) is 3.00. The molecule has 5 rings (SSSR count). The van der Waals surface area contributed by atoms with Crippen molar-refractivity contribution in [2.24, 2.45) is 0 Å². The Balaban J connectivity index is 1.21. The summed E-state index contributed by atoms with van der Waals surface area (Å²) in [5.74, 6) is -0.352. The van der Waals surface area contributed by atoms with Crippen molar-refractivity contribution < 1.29 is 14.7 Å². The van der Waals surface area contributed by atoms with Gasteiger partial charge in [0.15, 0.2) is 0 Å². The number of rotatable bonds is 9. The maximum atomic E-state index is 13.0. The Bertz CT molecular complexity index is 1580. The number of carbonyl (C=O) groups is 2. The van der Waals surface area contributed by atoms with Crippen LogP contribution in [0.2, 0.25) is 0 Å². The van der Waals surface area contributed by atoms with E-state index in [1.807, 2.05) is 60.7 Å². The molecule has 6 nitrogen and oxygen atoms in total. The van der Waals surface area contributed by atoms with Crippen molar-refractivity contribution in [2.75, 3.05) is 6.54 Å². The summed E-state index contributed by atoms with van der Waals surface area (Å²) in [4.78, 5) is 30.1. The molecular formula is C34H31N3O3. The maximum absolute atomic E-state index is 13.0. The van der Waals surface area contributed by atoms with Crippen molar-refractivity contribution in [3.8, 4) is 16.9 Å². The van der Waals surface area contributed by atoms with Gasteiger partial charge in [0.1, 0.15) is 17.3 Å². The molecule has 6 heteroatoms. The minimum atomic E-state index is -0.709. The minimum Gasteiger partial charge on any atom is -0.506 e. The van der Waals surface area contributed by atoms with Crippen molar-refractivity contribution in [3.63, 3.8) is 0 Å². The number of phenolic OH excluding ortho intramolecular Hbond substituents is 1. The van der Waals surface area contributed by atoms with Gasteiger partial charge in [-0.05, 0) is 65.9 Å². The van der Waals surface area contributed by atoms with E-state index < -0.39 is 6.04 Å². The zero-order valence-corrected chi connectivity index (χ0v) is 22.2. The van der Waals surface area contributed by atoms with E-state index >= 15 is 0 Å². The lowest BCUT2D eigenvalue weighted by atomic mass is 9.88. The zero-order valence-electron chi connectivity index (χ0n) is 22.2. The van der Waals surface area contributed by atoms with Crippen LogP contribution in [0, 0.1) is 0 Å². The highest BCUT2D eigenvalue weighted by atomic mass is 16.3. The van der Waals surface area contributed by atoms with E-state index in [0.717, 1.165) is 22.9 Å². The van der Waals surface area contributed by atoms with Gasteiger partial charge in [-0.1, -0.05) is 78.9 Å². The number of pyridine rings is 1. The molecule has 0 aliphatic rings. The van der Waals surface area contributed by atoms with Gasteiger partial charge in [0, 0.05) is 29.6 Å². The van der Waals surface area contributed by atoms with Gasteiger partial charge in [-0.15, -0.1) is 0 Å². The molecule has 3 N–H and O–H groups in total. The Morgan fingerprint density at radius 2 is 1.50 bits per heavy atom. The van der Waals surface area contributed by atoms with Crippen molar-refractivity contribution in [3.05, 3.63) is 132 Å². The number of aromatic nitrogens is 1. The monoisotopic (exact) mass is 529 g/mol. The third-order valence-electron chi connectivity index (χ3n) is 7.02. The lowest BCUT2D eigenvalue weighted by Crippen LogP contribution is -2.45. The van der Waals surface area contributed by atoms with Crippen LogP contribution in [0.4, 0.5) is 0 Å². The molecule has 0 bridgehead atoms. The highest BCUT2D eigenvalue weighted by Crippen LogP contribution is 2.31. The summed E-state index contributed by atoms with van der Waals surface area (Å²) in [6.07, 6.45) is 2.37. The predicted molar refractivity (Wildman–Crippen MR) is 158 cm³/mol. The number of nitrogens with one attached hydrogen (secondary N) is 2. The Kier molecular flexibility index (Phi) is 8.16. The fraction of sp³-hybridized carbons (Fsp3) is 0.147. The number of aromatic hydroxyl groups is 1. The standard InChI is InChI=1S/C34H31N3O3/c1-23(33(39)36-19-17-30(24-10-4-2-5-11-24)25-12-6-3-7-13-25)37-34(40)28-15-8-14-26(20-28)29-21-27-16-9-18-35-32(27)31(38)22-29/h2-16,18,20-23,30,38H,17,19H2,1H3,(H,36,39)(H,37,40). The van der Waals surface area contributed by atoms with Crippen molar-refractivity contribution in [2.45, 2.75) is 25.3 Å². The number of hydrogen-bond donors (Lipinski definition) is 3. The first-order chi connectivity index (χ1) is 19.5. The molecule has 1 aromatic heterocycles. The predicted octanol–water partition coefficient (Wildman–Crippen LogP) is 6.06. The molecule has 40 heavy (non-hydrogen) atoms. The molecule has 5 aromatic rings. The van der Waals surface area contributed by atoms with Gasteiger partial charge in [0.05, 0.1) is 0 Å². The van der Waals surface area contributed by atoms with Crippen molar-refractivity contribution in [1.82, 2.24) is 15.6 Å². The van der Waals surface area contributed by atoms with Crippen molar-refractivity contribution in [1.29, 1.82) is 0 Å². The molecule has 0 saturated heterocycles. The van der Waals surface area contributed by atoms with Crippen LogP contribution in [-0.4, -0.2) is 34.5 Å². The van der Waals surface area contributed by atoms with Crippen LogP contribution in [0.15, 0.2) is 115 Å². The molecule has 4 aromatic carbocycles. The van der Waals surface area contributed by atoms with E-state index in [0.29, 0.717) is 17.6 Å². The third-order valence-corrected chi connectivity index (χ3v) is 7.02. The summed E-state index contributed by atoms with van der Waals surface area (Å²) in [6.45, 7) is 2.15. The van der Waals surface area contributed by atoms with Crippen LogP contribution < -0.4 is 10.6 Å².